The van der Waals surface area contributed by atoms with Crippen LogP contribution in [0.2, 0.25) is 0 Å². The highest BCUT2D eigenvalue weighted by Gasteiger charge is 2.15. The van der Waals surface area contributed by atoms with E-state index in [1.807, 2.05) is 6.92 Å². The second kappa shape index (κ2) is 5.75. The number of hydrogen-bond acceptors (Lipinski definition) is 5. The minimum atomic E-state index is -1.09. The van der Waals surface area contributed by atoms with Crippen molar-refractivity contribution in [3.63, 3.8) is 0 Å². The van der Waals surface area contributed by atoms with Gasteiger partial charge in [0.15, 0.2) is 0 Å². The normalized spacial score (nSPS) is 10.1. The molecule has 0 unspecified atom stereocenters. The highest BCUT2D eigenvalue weighted by Crippen LogP contribution is 1.98. The van der Waals surface area contributed by atoms with Crippen LogP contribution in [0.25, 0.3) is 0 Å². The molecule has 0 bridgehead atoms. The van der Waals surface area contributed by atoms with Crippen LogP contribution in [-0.2, 0) is 11.3 Å². The summed E-state index contributed by atoms with van der Waals surface area (Å²) >= 11 is 0. The van der Waals surface area contributed by atoms with E-state index >= 15 is 0 Å². The molecule has 0 aliphatic rings. The van der Waals surface area contributed by atoms with E-state index in [1.165, 1.54) is 0 Å². The number of rotatable bonds is 5. The third-order valence-electron chi connectivity index (χ3n) is 2.07. The lowest BCUT2D eigenvalue weighted by Crippen LogP contribution is -2.36. The number of nitro groups is 1. The van der Waals surface area contributed by atoms with Crippen molar-refractivity contribution in [1.82, 2.24) is 14.9 Å². The first-order valence-electron chi connectivity index (χ1n) is 5.20. The largest absolute Gasteiger partial charge is 0.355 e. The van der Waals surface area contributed by atoms with Crippen molar-refractivity contribution < 1.29 is 9.72 Å². The Morgan fingerprint density at radius 2 is 2.22 bits per heavy atom. The lowest BCUT2D eigenvalue weighted by Gasteiger charge is -2.05. The maximum atomic E-state index is 11.4. The van der Waals surface area contributed by atoms with Crippen LogP contribution in [0, 0.1) is 10.1 Å². The third-order valence-corrected chi connectivity index (χ3v) is 2.07. The van der Waals surface area contributed by atoms with Crippen LogP contribution in [0.4, 0.5) is 5.69 Å². The molecule has 0 aliphatic heterocycles. The molecule has 1 aromatic rings. The summed E-state index contributed by atoms with van der Waals surface area (Å²) in [4.78, 5) is 45.1. The van der Waals surface area contributed by atoms with E-state index in [1.54, 1.807) is 4.98 Å². The van der Waals surface area contributed by atoms with Crippen molar-refractivity contribution in [1.29, 1.82) is 0 Å². The summed E-state index contributed by atoms with van der Waals surface area (Å²) in [7, 11) is 0. The fraction of sp³-hybridized carbons (Fsp3) is 0.444. The molecule has 0 atom stereocenters. The van der Waals surface area contributed by atoms with E-state index in [0.717, 1.165) is 17.2 Å². The molecule has 98 valence electrons. The SMILES string of the molecule is CCCNC(=O)Cn1cc([N+](=O)[O-])c(=O)[nH]c1=O. The predicted octanol–water partition coefficient (Wildman–Crippen LogP) is -1.03. The first-order valence-corrected chi connectivity index (χ1v) is 5.20. The van der Waals surface area contributed by atoms with Gasteiger partial charge in [-0.2, -0.15) is 0 Å². The van der Waals surface area contributed by atoms with E-state index in [9.17, 15) is 24.5 Å². The fourth-order valence-corrected chi connectivity index (χ4v) is 1.22. The number of carbonyl (C=O) groups is 1. The average Bonchev–Trinajstić information content (AvgIpc) is 2.29. The van der Waals surface area contributed by atoms with E-state index in [4.69, 9.17) is 0 Å². The second-order valence-corrected chi connectivity index (χ2v) is 3.51. The molecule has 2 N–H and O–H groups in total. The number of hydrogen-bond donors (Lipinski definition) is 2. The van der Waals surface area contributed by atoms with Gasteiger partial charge in [-0.1, -0.05) is 6.92 Å². The van der Waals surface area contributed by atoms with Gasteiger partial charge in [-0.25, -0.2) is 4.79 Å². The summed E-state index contributed by atoms with van der Waals surface area (Å²) < 4.78 is 0.782. The van der Waals surface area contributed by atoms with Crippen molar-refractivity contribution in [2.24, 2.45) is 0 Å². The van der Waals surface area contributed by atoms with Crippen LogP contribution in [0.5, 0.6) is 0 Å². The summed E-state index contributed by atoms with van der Waals surface area (Å²) in [5.41, 5.74) is -2.73. The molecule has 1 amide bonds. The van der Waals surface area contributed by atoms with Crippen LogP contribution in [-0.4, -0.2) is 26.9 Å². The molecule has 0 fully saturated rings. The van der Waals surface area contributed by atoms with Crippen LogP contribution in [0.3, 0.4) is 0 Å². The predicted molar refractivity (Wildman–Crippen MR) is 61.3 cm³/mol. The van der Waals surface area contributed by atoms with Gasteiger partial charge in [-0.15, -0.1) is 0 Å². The quantitative estimate of drug-likeness (QED) is 0.514. The van der Waals surface area contributed by atoms with Gasteiger partial charge in [0.05, 0.1) is 11.1 Å². The maximum Gasteiger partial charge on any atom is 0.350 e. The molecule has 1 rings (SSSR count). The van der Waals surface area contributed by atoms with Crippen LogP contribution >= 0.6 is 0 Å². The minimum Gasteiger partial charge on any atom is -0.355 e. The number of H-pyrrole nitrogens is 1. The van der Waals surface area contributed by atoms with Crippen LogP contribution in [0.15, 0.2) is 15.8 Å². The summed E-state index contributed by atoms with van der Waals surface area (Å²) in [5.74, 6) is -0.458. The zero-order chi connectivity index (χ0) is 13.7. The van der Waals surface area contributed by atoms with E-state index in [-0.39, 0.29) is 6.54 Å². The first kappa shape index (κ1) is 13.6. The lowest BCUT2D eigenvalue weighted by molar-refractivity contribution is -0.386. The zero-order valence-corrected chi connectivity index (χ0v) is 9.63. The van der Waals surface area contributed by atoms with Gasteiger partial charge < -0.3 is 5.32 Å². The van der Waals surface area contributed by atoms with Crippen molar-refractivity contribution in [2.45, 2.75) is 19.9 Å². The number of amides is 1. The molecule has 0 saturated carbocycles. The fourth-order valence-electron chi connectivity index (χ4n) is 1.22. The van der Waals surface area contributed by atoms with E-state index in [2.05, 4.69) is 5.32 Å². The molecule has 0 spiro atoms. The minimum absolute atomic E-state index is 0.379. The smallest absolute Gasteiger partial charge is 0.350 e. The van der Waals surface area contributed by atoms with Gasteiger partial charge in [0.25, 0.3) is 0 Å². The highest BCUT2D eigenvalue weighted by atomic mass is 16.6. The summed E-state index contributed by atoms with van der Waals surface area (Å²) in [5, 5.41) is 13.0. The number of nitrogens with zero attached hydrogens (tertiary/aromatic N) is 2. The van der Waals surface area contributed by atoms with Crippen LogP contribution in [0.1, 0.15) is 13.3 Å². The molecule has 0 aliphatic carbocycles. The van der Waals surface area contributed by atoms with Gasteiger partial charge in [0.1, 0.15) is 6.54 Å². The Kier molecular flexibility index (Phi) is 4.35. The molecule has 1 aromatic heterocycles. The molecule has 9 heteroatoms. The second-order valence-electron chi connectivity index (χ2n) is 3.51. The van der Waals surface area contributed by atoms with Crippen molar-refractivity contribution in [2.75, 3.05) is 6.54 Å². The Morgan fingerprint density at radius 3 is 2.78 bits per heavy atom. The van der Waals surface area contributed by atoms with E-state index in [0.29, 0.717) is 6.54 Å². The van der Waals surface area contributed by atoms with Crippen molar-refractivity contribution in [3.8, 4) is 0 Å². The van der Waals surface area contributed by atoms with Crippen LogP contribution < -0.4 is 16.6 Å². The zero-order valence-electron chi connectivity index (χ0n) is 9.63. The van der Waals surface area contributed by atoms with Gasteiger partial charge in [-0.05, 0) is 6.42 Å². The lowest BCUT2D eigenvalue weighted by atomic mass is 10.4. The Hall–Kier alpha value is -2.45. The molecule has 0 radical (unpaired) electrons. The maximum absolute atomic E-state index is 11.4. The standard InChI is InChI=1S/C9H12N4O5/c1-2-3-10-7(14)5-12-4-6(13(17)18)8(15)11-9(12)16/h4H,2-3,5H2,1H3,(H,10,14)(H,11,15,16). The molecular formula is C9H12N4O5. The summed E-state index contributed by atoms with van der Waals surface area (Å²) in [6.07, 6.45) is 1.49. The number of aromatic nitrogens is 2. The molecule has 0 saturated heterocycles. The number of aromatic amines is 1. The number of nitrogens with one attached hydrogen (secondary N) is 2. The van der Waals surface area contributed by atoms with Gasteiger partial charge in [-0.3, -0.25) is 29.3 Å². The Balaban J connectivity index is 2.99. The molecule has 9 nitrogen and oxygen atoms in total. The Labute approximate surface area is 101 Å². The van der Waals surface area contributed by atoms with Gasteiger partial charge >= 0.3 is 16.9 Å². The summed E-state index contributed by atoms with van der Waals surface area (Å²) in [6.45, 7) is 1.92. The molecule has 1 heterocycles. The third kappa shape index (κ3) is 3.27. The van der Waals surface area contributed by atoms with Crippen molar-refractivity contribution >= 4 is 11.6 Å². The number of carbonyl (C=O) groups excluding carboxylic acids is 1. The van der Waals surface area contributed by atoms with Gasteiger partial charge in [0, 0.05) is 6.54 Å². The Bertz CT molecular complexity index is 573. The monoisotopic (exact) mass is 256 g/mol. The first-order chi connectivity index (χ1) is 8.45. The topological polar surface area (TPSA) is 127 Å². The molecule has 18 heavy (non-hydrogen) atoms. The molecule has 0 aromatic carbocycles. The summed E-state index contributed by atoms with van der Waals surface area (Å²) in [6, 6.07) is 0. The van der Waals surface area contributed by atoms with Gasteiger partial charge in [0.2, 0.25) is 5.91 Å². The average molecular weight is 256 g/mol. The highest BCUT2D eigenvalue weighted by molar-refractivity contribution is 5.75. The molecular weight excluding hydrogens is 244 g/mol. The van der Waals surface area contributed by atoms with E-state index < -0.39 is 27.8 Å². The Morgan fingerprint density at radius 1 is 1.56 bits per heavy atom. The van der Waals surface area contributed by atoms with Crippen molar-refractivity contribution in [3.05, 3.63) is 37.1 Å².